The van der Waals surface area contributed by atoms with E-state index in [1.54, 1.807) is 0 Å². The minimum atomic E-state index is 0.194. The molecule has 3 nitrogen and oxygen atoms in total. The molecule has 0 aliphatic carbocycles. The molecule has 6 heteroatoms. The molecule has 0 aliphatic rings. The van der Waals surface area contributed by atoms with Gasteiger partial charge in [-0.15, -0.1) is 0 Å². The van der Waals surface area contributed by atoms with Crippen LogP contribution in [-0.2, 0) is 26.0 Å². The van der Waals surface area contributed by atoms with Crippen molar-refractivity contribution in [2.45, 2.75) is 46.5 Å². The SMILES string of the molecule is CCCC(=Nc1c(CC)cccc1CC)c1ccc2ccc3cccnc3c2n1.[Cl][Fe][Cl]. The molecule has 0 saturated heterocycles. The molecule has 0 fully saturated rings. The van der Waals surface area contributed by atoms with Gasteiger partial charge < -0.3 is 0 Å². The summed E-state index contributed by atoms with van der Waals surface area (Å²) in [6, 6.07) is 19.0. The Morgan fingerprint density at radius 3 is 2.09 bits per heavy atom. The quantitative estimate of drug-likeness (QED) is 0.150. The summed E-state index contributed by atoms with van der Waals surface area (Å²) < 4.78 is 0. The number of aliphatic imine (C=N–C) groups is 1. The van der Waals surface area contributed by atoms with E-state index in [0.717, 1.165) is 64.6 Å². The van der Waals surface area contributed by atoms with E-state index in [0.29, 0.717) is 0 Å². The van der Waals surface area contributed by atoms with Crippen LogP contribution in [0.4, 0.5) is 5.69 Å². The van der Waals surface area contributed by atoms with Crippen molar-refractivity contribution >= 4 is 53.4 Å². The summed E-state index contributed by atoms with van der Waals surface area (Å²) in [7, 11) is 9.53. The monoisotopic (exact) mass is 507 g/mol. The van der Waals surface area contributed by atoms with E-state index in [1.165, 1.54) is 11.1 Å². The van der Waals surface area contributed by atoms with Gasteiger partial charge in [0.25, 0.3) is 0 Å². The van der Waals surface area contributed by atoms with Gasteiger partial charge in [0.1, 0.15) is 0 Å². The predicted octanol–water partition coefficient (Wildman–Crippen LogP) is 8.21. The Morgan fingerprint density at radius 2 is 1.47 bits per heavy atom. The van der Waals surface area contributed by atoms with Gasteiger partial charge in [-0.25, -0.2) is 4.98 Å². The van der Waals surface area contributed by atoms with E-state index in [4.69, 9.17) is 30.2 Å². The third-order valence-corrected chi connectivity index (χ3v) is 5.43. The average molecular weight is 508 g/mol. The molecule has 32 heavy (non-hydrogen) atoms. The summed E-state index contributed by atoms with van der Waals surface area (Å²) in [5.41, 5.74) is 7.62. The van der Waals surface area contributed by atoms with Gasteiger partial charge in [0, 0.05) is 17.0 Å². The van der Waals surface area contributed by atoms with Crippen LogP contribution in [0, 0.1) is 0 Å². The summed E-state index contributed by atoms with van der Waals surface area (Å²) in [6.07, 6.45) is 5.72. The van der Waals surface area contributed by atoms with E-state index in [1.807, 2.05) is 12.3 Å². The number of hydrogen-bond donors (Lipinski definition) is 0. The second-order valence-corrected chi connectivity index (χ2v) is 9.22. The Hall–Kier alpha value is -1.97. The van der Waals surface area contributed by atoms with Crippen molar-refractivity contribution in [1.29, 1.82) is 0 Å². The van der Waals surface area contributed by atoms with E-state index < -0.39 is 0 Å². The molecule has 0 aliphatic heterocycles. The van der Waals surface area contributed by atoms with Crippen LogP contribution < -0.4 is 0 Å². The van der Waals surface area contributed by atoms with Crippen LogP contribution in [0.5, 0.6) is 0 Å². The molecule has 0 N–H and O–H groups in total. The third kappa shape index (κ3) is 5.68. The van der Waals surface area contributed by atoms with Crippen LogP contribution in [0.1, 0.15) is 50.4 Å². The van der Waals surface area contributed by atoms with Crippen molar-refractivity contribution in [3.8, 4) is 0 Å². The molecule has 0 spiro atoms. The maximum atomic E-state index is 5.18. The zero-order valence-electron chi connectivity index (χ0n) is 18.6. The number of rotatable bonds is 6. The summed E-state index contributed by atoms with van der Waals surface area (Å²) in [6.45, 7) is 6.58. The molecule has 2 aromatic heterocycles. The normalized spacial score (nSPS) is 11.6. The van der Waals surface area contributed by atoms with Gasteiger partial charge in [0.15, 0.2) is 0 Å². The molecular weight excluding hydrogens is 481 g/mol. The van der Waals surface area contributed by atoms with Gasteiger partial charge in [-0.05, 0) is 42.5 Å². The molecule has 0 atom stereocenters. The maximum absolute atomic E-state index is 5.18. The Bertz CT molecular complexity index is 1200. The van der Waals surface area contributed by atoms with Crippen molar-refractivity contribution < 1.29 is 13.1 Å². The van der Waals surface area contributed by atoms with Crippen molar-refractivity contribution in [3.63, 3.8) is 0 Å². The van der Waals surface area contributed by atoms with E-state index in [-0.39, 0.29) is 13.1 Å². The van der Waals surface area contributed by atoms with Crippen LogP contribution in [0.2, 0.25) is 0 Å². The van der Waals surface area contributed by atoms with Crippen LogP contribution in [-0.4, -0.2) is 15.7 Å². The summed E-state index contributed by atoms with van der Waals surface area (Å²) >= 11 is 0.194. The van der Waals surface area contributed by atoms with Gasteiger partial charge in [0.2, 0.25) is 0 Å². The van der Waals surface area contributed by atoms with Crippen molar-refractivity contribution in [2.24, 2.45) is 4.99 Å². The average Bonchev–Trinajstić information content (AvgIpc) is 2.84. The molecule has 0 radical (unpaired) electrons. The first-order valence-electron chi connectivity index (χ1n) is 10.8. The van der Waals surface area contributed by atoms with Gasteiger partial charge in [0.05, 0.1) is 28.1 Å². The molecule has 4 aromatic rings. The zero-order chi connectivity index (χ0) is 22.9. The fraction of sp³-hybridized carbons (Fsp3) is 0.269. The number of pyridine rings is 2. The standard InChI is InChI=1S/C26H27N3.2ClH.Fe/c1-4-9-22(28-24-18(5-2)10-7-11-19(24)6-3)23-16-15-21-14-13-20-12-8-17-27-25(20)26(21)29-23;;;/h7-8,10-17H,4-6,9H2,1-3H3;2*1H;/q;;;+2/p-2. The third-order valence-electron chi connectivity index (χ3n) is 5.43. The first-order chi connectivity index (χ1) is 15.7. The van der Waals surface area contributed by atoms with Gasteiger partial charge >= 0.3 is 33.3 Å². The molecule has 0 amide bonds. The summed E-state index contributed by atoms with van der Waals surface area (Å²) in [5, 5.41) is 2.22. The number of halogens is 2. The Labute approximate surface area is 204 Å². The molecule has 2 heterocycles. The first-order valence-corrected chi connectivity index (χ1v) is 13.9. The van der Waals surface area contributed by atoms with Crippen LogP contribution in [0.3, 0.4) is 0 Å². The molecule has 2 aromatic carbocycles. The number of fused-ring (bicyclic) bond motifs is 3. The minimum absolute atomic E-state index is 0.194. The predicted molar refractivity (Wildman–Crippen MR) is 135 cm³/mol. The Balaban J connectivity index is 0.000000913. The molecular formula is C26H27Cl2FeN3. The van der Waals surface area contributed by atoms with E-state index >= 15 is 0 Å². The number of benzene rings is 2. The van der Waals surface area contributed by atoms with Gasteiger partial charge in [-0.1, -0.05) is 69.7 Å². The van der Waals surface area contributed by atoms with Crippen LogP contribution in [0.25, 0.3) is 21.8 Å². The first kappa shape index (κ1) is 24.7. The Kier molecular flexibility index (Phi) is 9.50. The topological polar surface area (TPSA) is 38.1 Å². The van der Waals surface area contributed by atoms with Gasteiger partial charge in [-0.3, -0.25) is 9.98 Å². The fourth-order valence-corrected chi connectivity index (χ4v) is 3.86. The van der Waals surface area contributed by atoms with Crippen LogP contribution in [0.15, 0.2) is 65.8 Å². The fourth-order valence-electron chi connectivity index (χ4n) is 3.86. The molecule has 4 rings (SSSR count). The number of para-hydroxylation sites is 1. The molecule has 0 saturated carbocycles. The van der Waals surface area contributed by atoms with E-state index in [9.17, 15) is 0 Å². The zero-order valence-corrected chi connectivity index (χ0v) is 21.2. The second kappa shape index (κ2) is 12.3. The number of nitrogens with zero attached hydrogens (tertiary/aromatic N) is 3. The molecule has 0 unspecified atom stereocenters. The van der Waals surface area contributed by atoms with Crippen LogP contribution >= 0.6 is 20.2 Å². The van der Waals surface area contributed by atoms with Crippen molar-refractivity contribution in [1.82, 2.24) is 9.97 Å². The second-order valence-electron chi connectivity index (χ2n) is 7.40. The Morgan fingerprint density at radius 1 is 0.844 bits per heavy atom. The summed E-state index contributed by atoms with van der Waals surface area (Å²) in [4.78, 5) is 14.8. The molecule has 0 bridgehead atoms. The van der Waals surface area contributed by atoms with Gasteiger partial charge in [-0.2, -0.15) is 0 Å². The van der Waals surface area contributed by atoms with Crippen molar-refractivity contribution in [3.05, 3.63) is 77.6 Å². The van der Waals surface area contributed by atoms with E-state index in [2.05, 4.69) is 74.3 Å². The molecule has 168 valence electrons. The summed E-state index contributed by atoms with van der Waals surface area (Å²) in [5.74, 6) is 0. The van der Waals surface area contributed by atoms with Crippen molar-refractivity contribution in [2.75, 3.05) is 0 Å². The number of aryl methyl sites for hydroxylation is 2. The number of aromatic nitrogens is 2. The number of hydrogen-bond acceptors (Lipinski definition) is 3.